The van der Waals surface area contributed by atoms with Crippen LogP contribution in [0.15, 0.2) is 12.4 Å². The van der Waals surface area contributed by atoms with E-state index >= 15 is 0 Å². The molecule has 1 aliphatic heterocycles. The summed E-state index contributed by atoms with van der Waals surface area (Å²) < 4.78 is 7.68. The molecule has 1 atom stereocenters. The maximum Gasteiger partial charge on any atom is 0.157 e. The summed E-state index contributed by atoms with van der Waals surface area (Å²) in [7, 11) is 0. The van der Waals surface area contributed by atoms with Crippen molar-refractivity contribution in [2.75, 3.05) is 19.7 Å². The molecule has 90 valence electrons. The molecule has 1 aromatic heterocycles. The lowest BCUT2D eigenvalue weighted by Crippen LogP contribution is -2.32. The molecule has 1 aromatic rings. The van der Waals surface area contributed by atoms with Crippen LogP contribution in [0.5, 0.6) is 5.75 Å². The molecule has 1 N–H and O–H groups in total. The molecule has 1 aliphatic rings. The predicted octanol–water partition coefficient (Wildman–Crippen LogP) is 1.84. The zero-order valence-corrected chi connectivity index (χ0v) is 10.1. The smallest absolute Gasteiger partial charge is 0.157 e. The van der Waals surface area contributed by atoms with Crippen molar-refractivity contribution < 1.29 is 4.74 Å². The maximum atomic E-state index is 5.75. The van der Waals surface area contributed by atoms with E-state index < -0.39 is 0 Å². The van der Waals surface area contributed by atoms with Gasteiger partial charge in [0.1, 0.15) is 0 Å². The van der Waals surface area contributed by atoms with E-state index in [0.717, 1.165) is 25.4 Å². The number of rotatable bonds is 4. The molecular weight excluding hydrogens is 202 g/mol. The molecule has 0 radical (unpaired) electrons. The molecule has 4 heteroatoms. The van der Waals surface area contributed by atoms with E-state index in [4.69, 9.17) is 4.74 Å². The van der Waals surface area contributed by atoms with E-state index in [1.54, 1.807) is 6.20 Å². The van der Waals surface area contributed by atoms with Gasteiger partial charge in [-0.3, -0.25) is 4.68 Å². The predicted molar refractivity (Wildman–Crippen MR) is 63.7 cm³/mol. The molecule has 0 saturated carbocycles. The molecule has 1 fully saturated rings. The van der Waals surface area contributed by atoms with Crippen LogP contribution in [0.25, 0.3) is 0 Å². The van der Waals surface area contributed by atoms with Gasteiger partial charge in [-0.15, -0.1) is 0 Å². The van der Waals surface area contributed by atoms with Crippen molar-refractivity contribution in [1.29, 1.82) is 0 Å². The minimum absolute atomic E-state index is 0.397. The third kappa shape index (κ3) is 2.98. The molecule has 16 heavy (non-hydrogen) atoms. The van der Waals surface area contributed by atoms with E-state index in [-0.39, 0.29) is 0 Å². The van der Waals surface area contributed by atoms with Gasteiger partial charge >= 0.3 is 0 Å². The van der Waals surface area contributed by atoms with Crippen molar-refractivity contribution in [2.24, 2.45) is 5.92 Å². The molecule has 0 aromatic carbocycles. The molecule has 0 bridgehead atoms. The van der Waals surface area contributed by atoms with Crippen LogP contribution in [-0.4, -0.2) is 29.5 Å². The maximum absolute atomic E-state index is 5.75. The number of ether oxygens (including phenoxy) is 1. The molecule has 1 saturated heterocycles. The van der Waals surface area contributed by atoms with Crippen LogP contribution in [-0.2, 0) is 0 Å². The summed E-state index contributed by atoms with van der Waals surface area (Å²) in [6, 6.07) is 0.397. The number of aromatic nitrogens is 2. The second kappa shape index (κ2) is 5.34. The summed E-state index contributed by atoms with van der Waals surface area (Å²) in [6.45, 7) is 7.26. The first kappa shape index (κ1) is 11.5. The molecule has 0 aliphatic carbocycles. The van der Waals surface area contributed by atoms with Gasteiger partial charge in [0.25, 0.3) is 0 Å². The molecule has 2 rings (SSSR count). The Hall–Kier alpha value is -1.03. The lowest BCUT2D eigenvalue weighted by molar-refractivity contribution is 0.218. The molecule has 4 nitrogen and oxygen atoms in total. The first-order valence-corrected chi connectivity index (χ1v) is 6.13. The van der Waals surface area contributed by atoms with E-state index in [2.05, 4.69) is 24.3 Å². The number of hydrogen-bond donors (Lipinski definition) is 1. The van der Waals surface area contributed by atoms with Gasteiger partial charge in [-0.05, 0) is 33.2 Å². The van der Waals surface area contributed by atoms with Crippen molar-refractivity contribution in [3.8, 4) is 5.75 Å². The fraction of sp³-hybridized carbons (Fsp3) is 0.750. The van der Waals surface area contributed by atoms with Gasteiger partial charge in [0, 0.05) is 18.5 Å². The highest BCUT2D eigenvalue weighted by Gasteiger charge is 2.13. The summed E-state index contributed by atoms with van der Waals surface area (Å²) in [6.07, 6.45) is 6.31. The summed E-state index contributed by atoms with van der Waals surface area (Å²) in [5, 5.41) is 7.65. The number of piperidine rings is 1. The van der Waals surface area contributed by atoms with Crippen LogP contribution in [0.4, 0.5) is 0 Å². The minimum atomic E-state index is 0.397. The van der Waals surface area contributed by atoms with Gasteiger partial charge in [-0.25, -0.2) is 0 Å². The SMILES string of the molecule is CC(C)n1cc(OCC2CCCNC2)cn1. The Kier molecular flexibility index (Phi) is 3.83. The van der Waals surface area contributed by atoms with Crippen LogP contribution < -0.4 is 10.1 Å². The van der Waals surface area contributed by atoms with Crippen LogP contribution in [0.3, 0.4) is 0 Å². The fourth-order valence-corrected chi connectivity index (χ4v) is 1.96. The average Bonchev–Trinajstić information content (AvgIpc) is 2.76. The first-order chi connectivity index (χ1) is 7.75. The highest BCUT2D eigenvalue weighted by molar-refractivity contribution is 5.12. The van der Waals surface area contributed by atoms with Crippen LogP contribution in [0.1, 0.15) is 32.7 Å². The number of nitrogens with zero attached hydrogens (tertiary/aromatic N) is 2. The van der Waals surface area contributed by atoms with Crippen LogP contribution in [0, 0.1) is 5.92 Å². The molecule has 0 spiro atoms. The normalized spacial score (nSPS) is 21.3. The Morgan fingerprint density at radius 1 is 1.62 bits per heavy atom. The van der Waals surface area contributed by atoms with Gasteiger partial charge < -0.3 is 10.1 Å². The van der Waals surface area contributed by atoms with Crippen molar-refractivity contribution in [3.05, 3.63) is 12.4 Å². The van der Waals surface area contributed by atoms with Gasteiger partial charge in [-0.1, -0.05) is 0 Å². The van der Waals surface area contributed by atoms with Crippen molar-refractivity contribution in [2.45, 2.75) is 32.7 Å². The van der Waals surface area contributed by atoms with Gasteiger partial charge in [0.15, 0.2) is 5.75 Å². The second-order valence-corrected chi connectivity index (χ2v) is 4.77. The van der Waals surface area contributed by atoms with Crippen LogP contribution >= 0.6 is 0 Å². The zero-order valence-electron chi connectivity index (χ0n) is 10.1. The number of nitrogens with one attached hydrogen (secondary N) is 1. The van der Waals surface area contributed by atoms with E-state index in [9.17, 15) is 0 Å². The molecule has 0 amide bonds. The minimum Gasteiger partial charge on any atom is -0.490 e. The quantitative estimate of drug-likeness (QED) is 0.846. The zero-order chi connectivity index (χ0) is 11.4. The van der Waals surface area contributed by atoms with Gasteiger partial charge in [0.05, 0.1) is 19.0 Å². The standard InChI is InChI=1S/C12H21N3O/c1-10(2)15-8-12(7-14-15)16-9-11-4-3-5-13-6-11/h7-8,10-11,13H,3-6,9H2,1-2H3. The van der Waals surface area contributed by atoms with Gasteiger partial charge in [-0.2, -0.15) is 5.10 Å². The third-order valence-electron chi connectivity index (χ3n) is 2.99. The lowest BCUT2D eigenvalue weighted by atomic mass is 10.0. The number of hydrogen-bond acceptors (Lipinski definition) is 3. The largest absolute Gasteiger partial charge is 0.490 e. The van der Waals surface area contributed by atoms with Gasteiger partial charge in [0.2, 0.25) is 0 Å². The third-order valence-corrected chi connectivity index (χ3v) is 2.99. The van der Waals surface area contributed by atoms with E-state index in [1.165, 1.54) is 12.8 Å². The van der Waals surface area contributed by atoms with Crippen molar-refractivity contribution in [1.82, 2.24) is 15.1 Å². The Balaban J connectivity index is 1.79. The molecule has 1 unspecified atom stereocenters. The summed E-state index contributed by atoms with van der Waals surface area (Å²) in [5.41, 5.74) is 0. The molecular formula is C12H21N3O. The Bertz CT molecular complexity index is 316. The Morgan fingerprint density at radius 2 is 2.50 bits per heavy atom. The van der Waals surface area contributed by atoms with E-state index in [1.807, 2.05) is 10.9 Å². The molecule has 2 heterocycles. The average molecular weight is 223 g/mol. The van der Waals surface area contributed by atoms with E-state index in [0.29, 0.717) is 12.0 Å². The monoisotopic (exact) mass is 223 g/mol. The van der Waals surface area contributed by atoms with Crippen LogP contribution in [0.2, 0.25) is 0 Å². The fourth-order valence-electron chi connectivity index (χ4n) is 1.96. The first-order valence-electron chi connectivity index (χ1n) is 6.13. The Labute approximate surface area is 97.0 Å². The second-order valence-electron chi connectivity index (χ2n) is 4.77. The lowest BCUT2D eigenvalue weighted by Gasteiger charge is -2.22. The summed E-state index contributed by atoms with van der Waals surface area (Å²) in [4.78, 5) is 0. The summed E-state index contributed by atoms with van der Waals surface area (Å²) in [5.74, 6) is 1.54. The highest BCUT2D eigenvalue weighted by atomic mass is 16.5. The highest BCUT2D eigenvalue weighted by Crippen LogP contribution is 2.15. The topological polar surface area (TPSA) is 39.1 Å². The van der Waals surface area contributed by atoms with Crippen molar-refractivity contribution >= 4 is 0 Å². The Morgan fingerprint density at radius 3 is 3.12 bits per heavy atom. The summed E-state index contributed by atoms with van der Waals surface area (Å²) >= 11 is 0. The van der Waals surface area contributed by atoms with Crippen molar-refractivity contribution in [3.63, 3.8) is 0 Å².